The number of nitrogens with zero attached hydrogens (tertiary/aromatic N) is 2. The summed E-state index contributed by atoms with van der Waals surface area (Å²) in [5.74, 6) is 0.147. The second kappa shape index (κ2) is 6.29. The van der Waals surface area contributed by atoms with E-state index in [9.17, 15) is 15.2 Å². The van der Waals surface area contributed by atoms with Gasteiger partial charge in [0, 0.05) is 11.3 Å². The van der Waals surface area contributed by atoms with Crippen molar-refractivity contribution in [3.05, 3.63) is 56.2 Å². The number of hydrogen-bond donors (Lipinski definition) is 2. The fraction of sp³-hybridized carbons (Fsp3) is 0.267. The Labute approximate surface area is 132 Å². The van der Waals surface area contributed by atoms with Crippen LogP contribution in [0.15, 0.2) is 24.3 Å². The average molecular weight is 322 g/mol. The molecule has 2 N–H and O–H groups in total. The number of nitro groups is 1. The number of aliphatic hydroxyl groups excluding tert-OH is 1. The van der Waals surface area contributed by atoms with Crippen LogP contribution in [0.5, 0.6) is 0 Å². The minimum atomic E-state index is -0.639. The maximum Gasteiger partial charge on any atom is 0.314 e. The van der Waals surface area contributed by atoms with Crippen LogP contribution in [-0.2, 0) is 0 Å². The van der Waals surface area contributed by atoms with Crippen molar-refractivity contribution in [2.45, 2.75) is 26.9 Å². The molecule has 1 atom stereocenters. The molecule has 2 aromatic rings. The summed E-state index contributed by atoms with van der Waals surface area (Å²) in [7, 11) is 0. The smallest absolute Gasteiger partial charge is 0.314 e. The Bertz CT molecular complexity index is 732. The summed E-state index contributed by atoms with van der Waals surface area (Å²) in [6, 6.07) is 6.63. The lowest BCUT2D eigenvalue weighted by Crippen LogP contribution is -2.04. The number of rotatable bonds is 4. The van der Waals surface area contributed by atoms with E-state index in [1.165, 1.54) is 0 Å². The van der Waals surface area contributed by atoms with Crippen LogP contribution in [0.25, 0.3) is 0 Å². The third kappa shape index (κ3) is 3.35. The van der Waals surface area contributed by atoms with E-state index >= 15 is 0 Å². The number of halogens is 1. The first-order valence-electron chi connectivity index (χ1n) is 6.66. The van der Waals surface area contributed by atoms with Gasteiger partial charge in [-0.25, -0.2) is 4.98 Å². The lowest BCUT2D eigenvalue weighted by molar-refractivity contribution is -0.384. The van der Waals surface area contributed by atoms with Gasteiger partial charge in [0.05, 0.1) is 21.7 Å². The molecule has 0 saturated heterocycles. The maximum atomic E-state index is 11.2. The van der Waals surface area contributed by atoms with Crippen LogP contribution in [0, 0.1) is 24.0 Å². The molecule has 1 heterocycles. The SMILES string of the molecule is Cc1cc(C)c([N+](=O)[O-])c(Nc2ccc(C(C)O)cc2Cl)n1. The van der Waals surface area contributed by atoms with Gasteiger partial charge in [0.15, 0.2) is 0 Å². The molecule has 2 rings (SSSR count). The highest BCUT2D eigenvalue weighted by Gasteiger charge is 2.20. The van der Waals surface area contributed by atoms with Crippen LogP contribution in [0.4, 0.5) is 17.2 Å². The quantitative estimate of drug-likeness (QED) is 0.655. The van der Waals surface area contributed by atoms with Crippen LogP contribution in [0.2, 0.25) is 5.02 Å². The van der Waals surface area contributed by atoms with Gasteiger partial charge in [-0.2, -0.15) is 0 Å². The molecular weight excluding hydrogens is 306 g/mol. The highest BCUT2D eigenvalue weighted by molar-refractivity contribution is 6.33. The number of aromatic nitrogens is 1. The van der Waals surface area contributed by atoms with Gasteiger partial charge in [-0.3, -0.25) is 10.1 Å². The third-order valence-electron chi connectivity index (χ3n) is 3.22. The molecule has 1 unspecified atom stereocenters. The van der Waals surface area contributed by atoms with E-state index < -0.39 is 11.0 Å². The van der Waals surface area contributed by atoms with Crippen LogP contribution in [0.3, 0.4) is 0 Å². The largest absolute Gasteiger partial charge is 0.389 e. The van der Waals surface area contributed by atoms with Crippen LogP contribution in [0.1, 0.15) is 29.8 Å². The second-order valence-electron chi connectivity index (χ2n) is 5.08. The molecule has 0 aliphatic heterocycles. The summed E-state index contributed by atoms with van der Waals surface area (Å²) in [5.41, 5.74) is 2.27. The van der Waals surface area contributed by atoms with E-state index in [-0.39, 0.29) is 11.5 Å². The van der Waals surface area contributed by atoms with Gasteiger partial charge in [0.1, 0.15) is 0 Å². The molecule has 0 amide bonds. The zero-order chi connectivity index (χ0) is 16.4. The summed E-state index contributed by atoms with van der Waals surface area (Å²) in [6.07, 6.45) is -0.639. The van der Waals surface area contributed by atoms with E-state index in [2.05, 4.69) is 10.3 Å². The van der Waals surface area contributed by atoms with Crippen molar-refractivity contribution in [1.29, 1.82) is 0 Å². The Kier molecular flexibility index (Phi) is 4.63. The van der Waals surface area contributed by atoms with Crippen LogP contribution < -0.4 is 5.32 Å². The number of aryl methyl sites for hydroxylation is 2. The number of benzene rings is 1. The predicted molar refractivity (Wildman–Crippen MR) is 85.7 cm³/mol. The number of hydrogen-bond acceptors (Lipinski definition) is 5. The molecule has 6 nitrogen and oxygen atoms in total. The van der Waals surface area contributed by atoms with Crippen LogP contribution >= 0.6 is 11.6 Å². The Morgan fingerprint density at radius 1 is 1.36 bits per heavy atom. The van der Waals surface area contributed by atoms with Gasteiger partial charge >= 0.3 is 5.69 Å². The fourth-order valence-corrected chi connectivity index (χ4v) is 2.40. The van der Waals surface area contributed by atoms with Crippen LogP contribution in [-0.4, -0.2) is 15.0 Å². The standard InChI is InChI=1S/C15H16ClN3O3/c1-8-6-9(2)17-15(14(8)19(21)22)18-13-5-4-11(10(3)20)7-12(13)16/h4-7,10,20H,1-3H3,(H,17,18). The lowest BCUT2D eigenvalue weighted by atomic mass is 10.1. The van der Waals surface area contributed by atoms with Crippen molar-refractivity contribution < 1.29 is 10.0 Å². The Hall–Kier alpha value is -2.18. The van der Waals surface area contributed by atoms with Crippen molar-refractivity contribution in [3.8, 4) is 0 Å². The van der Waals surface area contributed by atoms with E-state index in [4.69, 9.17) is 11.6 Å². The first kappa shape index (κ1) is 16.2. The monoisotopic (exact) mass is 321 g/mol. The zero-order valence-corrected chi connectivity index (χ0v) is 13.2. The Morgan fingerprint density at radius 3 is 2.59 bits per heavy atom. The summed E-state index contributed by atoms with van der Waals surface area (Å²) >= 11 is 6.16. The summed E-state index contributed by atoms with van der Waals surface area (Å²) in [6.45, 7) is 5.06. The number of nitrogens with one attached hydrogen (secondary N) is 1. The van der Waals surface area contributed by atoms with Crippen molar-refractivity contribution in [2.24, 2.45) is 0 Å². The molecule has 22 heavy (non-hydrogen) atoms. The summed E-state index contributed by atoms with van der Waals surface area (Å²) in [5, 5.41) is 24.0. The Balaban J connectivity index is 2.45. The van der Waals surface area contributed by atoms with Crippen molar-refractivity contribution in [1.82, 2.24) is 4.98 Å². The molecule has 0 aliphatic carbocycles. The van der Waals surface area contributed by atoms with Gasteiger partial charge in [-0.15, -0.1) is 0 Å². The van der Waals surface area contributed by atoms with Gasteiger partial charge in [0.25, 0.3) is 0 Å². The molecule has 1 aromatic carbocycles. The number of aliphatic hydroxyl groups is 1. The highest BCUT2D eigenvalue weighted by Crippen LogP contribution is 2.33. The summed E-state index contributed by atoms with van der Waals surface area (Å²) in [4.78, 5) is 15.0. The third-order valence-corrected chi connectivity index (χ3v) is 3.54. The molecule has 1 aromatic heterocycles. The van der Waals surface area contributed by atoms with Crippen molar-refractivity contribution >= 4 is 28.8 Å². The lowest BCUT2D eigenvalue weighted by Gasteiger charge is -2.12. The number of anilines is 2. The molecule has 7 heteroatoms. The highest BCUT2D eigenvalue weighted by atomic mass is 35.5. The molecule has 0 saturated carbocycles. The fourth-order valence-electron chi connectivity index (χ4n) is 2.17. The van der Waals surface area contributed by atoms with Crippen molar-refractivity contribution in [3.63, 3.8) is 0 Å². The molecule has 0 radical (unpaired) electrons. The summed E-state index contributed by atoms with van der Waals surface area (Å²) < 4.78 is 0. The minimum absolute atomic E-state index is 0.0822. The van der Waals surface area contributed by atoms with E-state index in [0.29, 0.717) is 27.5 Å². The number of pyridine rings is 1. The molecule has 0 fully saturated rings. The van der Waals surface area contributed by atoms with Crippen molar-refractivity contribution in [2.75, 3.05) is 5.32 Å². The van der Waals surface area contributed by atoms with E-state index in [1.54, 1.807) is 45.0 Å². The van der Waals surface area contributed by atoms with E-state index in [0.717, 1.165) is 0 Å². The van der Waals surface area contributed by atoms with Gasteiger partial charge in [-0.1, -0.05) is 17.7 Å². The predicted octanol–water partition coefficient (Wildman–Crippen LogP) is 4.06. The van der Waals surface area contributed by atoms with Gasteiger partial charge in [0.2, 0.25) is 5.82 Å². The molecule has 116 valence electrons. The normalized spacial score (nSPS) is 12.0. The molecular formula is C15H16ClN3O3. The zero-order valence-electron chi connectivity index (χ0n) is 12.4. The van der Waals surface area contributed by atoms with Gasteiger partial charge in [-0.05, 0) is 44.5 Å². The average Bonchev–Trinajstić information content (AvgIpc) is 2.39. The topological polar surface area (TPSA) is 88.3 Å². The minimum Gasteiger partial charge on any atom is -0.389 e. The maximum absolute atomic E-state index is 11.2. The van der Waals surface area contributed by atoms with E-state index in [1.807, 2.05) is 0 Å². The molecule has 0 spiro atoms. The first-order valence-corrected chi connectivity index (χ1v) is 7.04. The van der Waals surface area contributed by atoms with Gasteiger partial charge < -0.3 is 10.4 Å². The Morgan fingerprint density at radius 2 is 2.05 bits per heavy atom. The molecule has 0 aliphatic rings. The first-order chi connectivity index (χ1) is 10.3. The second-order valence-corrected chi connectivity index (χ2v) is 5.48. The molecule has 0 bridgehead atoms.